The van der Waals surface area contributed by atoms with Crippen LogP contribution in [0.1, 0.15) is 18.4 Å². The number of hydrazine groups is 1. The monoisotopic (exact) mass is 321 g/mol. The van der Waals surface area contributed by atoms with Crippen LogP contribution in [0.15, 0.2) is 30.5 Å². The van der Waals surface area contributed by atoms with Crippen LogP contribution in [0.2, 0.25) is 0 Å². The average Bonchev–Trinajstić information content (AvgIpc) is 3.29. The highest BCUT2D eigenvalue weighted by Crippen LogP contribution is 2.20. The van der Waals surface area contributed by atoms with Crippen molar-refractivity contribution in [2.24, 2.45) is 0 Å². The Morgan fingerprint density at radius 2 is 1.91 bits per heavy atom. The second-order valence-electron chi connectivity index (χ2n) is 5.71. The molecular formula is C16H20FN3O3. The summed E-state index contributed by atoms with van der Waals surface area (Å²) in [6.07, 6.45) is 3.43. The van der Waals surface area contributed by atoms with Crippen molar-refractivity contribution < 1.29 is 19.1 Å². The first-order valence-corrected chi connectivity index (χ1v) is 7.30. The van der Waals surface area contributed by atoms with Crippen LogP contribution in [0.25, 0.3) is 5.57 Å². The van der Waals surface area contributed by atoms with Crippen molar-refractivity contribution in [1.29, 1.82) is 0 Å². The second-order valence-corrected chi connectivity index (χ2v) is 5.71. The Morgan fingerprint density at radius 1 is 1.30 bits per heavy atom. The van der Waals surface area contributed by atoms with E-state index in [1.807, 2.05) is 0 Å². The molecule has 7 heteroatoms. The molecule has 23 heavy (non-hydrogen) atoms. The van der Waals surface area contributed by atoms with Crippen molar-refractivity contribution in [3.63, 3.8) is 0 Å². The van der Waals surface area contributed by atoms with E-state index in [0.29, 0.717) is 5.56 Å². The molecule has 0 bridgehead atoms. The van der Waals surface area contributed by atoms with E-state index in [0.717, 1.165) is 12.8 Å². The number of carboxylic acids is 1. The Morgan fingerprint density at radius 3 is 2.39 bits per heavy atom. The molecule has 6 nitrogen and oxygen atoms in total. The van der Waals surface area contributed by atoms with Crippen molar-refractivity contribution >= 4 is 17.3 Å². The predicted octanol–water partition coefficient (Wildman–Crippen LogP) is 1.01. The third-order valence-corrected chi connectivity index (χ3v) is 3.33. The minimum atomic E-state index is -1.41. The zero-order chi connectivity index (χ0) is 17.0. The van der Waals surface area contributed by atoms with Gasteiger partial charge in [-0.05, 0) is 30.5 Å². The van der Waals surface area contributed by atoms with Gasteiger partial charge in [-0.15, -0.1) is 0 Å². The van der Waals surface area contributed by atoms with Gasteiger partial charge in [-0.2, -0.15) is 0 Å². The first kappa shape index (κ1) is 17.1. The number of nitrogens with one attached hydrogen (secondary N) is 2. The van der Waals surface area contributed by atoms with Crippen LogP contribution in [-0.2, 0) is 9.59 Å². The highest BCUT2D eigenvalue weighted by atomic mass is 19.1. The number of halogens is 1. The maximum Gasteiger partial charge on any atom is 0.330 e. The SMILES string of the molecule is CN(C)C=C(C(=O)C(NNC1CC1)C(=O)O)c1ccc(F)cc1. The molecule has 1 aliphatic rings. The van der Waals surface area contributed by atoms with Gasteiger partial charge in [0.25, 0.3) is 0 Å². The molecule has 0 aliphatic heterocycles. The number of nitrogens with zero attached hydrogens (tertiary/aromatic N) is 1. The third kappa shape index (κ3) is 4.87. The summed E-state index contributed by atoms with van der Waals surface area (Å²) in [5.74, 6) is -2.28. The molecule has 0 amide bonds. The van der Waals surface area contributed by atoms with Gasteiger partial charge in [0.05, 0.1) is 0 Å². The van der Waals surface area contributed by atoms with Crippen molar-refractivity contribution in [3.05, 3.63) is 41.8 Å². The summed E-state index contributed by atoms with van der Waals surface area (Å²) in [7, 11) is 3.45. The molecule has 1 aromatic rings. The standard InChI is InChI=1S/C16H20FN3O3/c1-20(2)9-13(10-3-5-11(17)6-4-10)15(21)14(16(22)23)19-18-12-7-8-12/h3-6,9,12,14,18-19H,7-8H2,1-2H3,(H,22,23). The summed E-state index contributed by atoms with van der Waals surface area (Å²) in [5.41, 5.74) is 6.08. The lowest BCUT2D eigenvalue weighted by Gasteiger charge is -2.18. The number of carboxylic acid groups (broad SMARTS) is 1. The van der Waals surface area contributed by atoms with Gasteiger partial charge in [-0.3, -0.25) is 10.2 Å². The van der Waals surface area contributed by atoms with Crippen molar-refractivity contribution in [3.8, 4) is 0 Å². The number of aliphatic carboxylic acids is 1. The van der Waals surface area contributed by atoms with Crippen LogP contribution in [0.5, 0.6) is 0 Å². The van der Waals surface area contributed by atoms with E-state index in [9.17, 15) is 19.1 Å². The molecular weight excluding hydrogens is 301 g/mol. The number of carbonyl (C=O) groups is 2. The molecule has 0 radical (unpaired) electrons. The maximum atomic E-state index is 13.1. The van der Waals surface area contributed by atoms with Gasteiger partial charge in [-0.1, -0.05) is 12.1 Å². The molecule has 1 aliphatic carbocycles. The van der Waals surface area contributed by atoms with Crippen molar-refractivity contribution in [1.82, 2.24) is 15.8 Å². The quantitative estimate of drug-likeness (QED) is 0.377. The molecule has 3 N–H and O–H groups in total. The van der Waals surface area contributed by atoms with Crippen molar-refractivity contribution in [2.45, 2.75) is 24.9 Å². The first-order chi connectivity index (χ1) is 10.9. The Balaban J connectivity index is 2.26. The summed E-state index contributed by atoms with van der Waals surface area (Å²) >= 11 is 0. The fourth-order valence-corrected chi connectivity index (χ4v) is 1.99. The second kappa shape index (κ2) is 7.34. The lowest BCUT2D eigenvalue weighted by molar-refractivity contribution is -0.142. The molecule has 1 atom stereocenters. The smallest absolute Gasteiger partial charge is 0.330 e. The maximum absolute atomic E-state index is 13.1. The topological polar surface area (TPSA) is 81.7 Å². The first-order valence-electron chi connectivity index (χ1n) is 7.30. The van der Waals surface area contributed by atoms with Gasteiger partial charge in [0.2, 0.25) is 0 Å². The molecule has 0 aromatic heterocycles. The van der Waals surface area contributed by atoms with E-state index >= 15 is 0 Å². The number of rotatable bonds is 8. The lowest BCUT2D eigenvalue weighted by Crippen LogP contribution is -2.51. The summed E-state index contributed by atoms with van der Waals surface area (Å²) in [6.45, 7) is 0. The van der Waals surface area contributed by atoms with E-state index in [1.165, 1.54) is 30.5 Å². The highest BCUT2D eigenvalue weighted by Gasteiger charge is 2.31. The molecule has 1 saturated carbocycles. The van der Waals surface area contributed by atoms with Crippen LogP contribution in [0.3, 0.4) is 0 Å². The van der Waals surface area contributed by atoms with E-state index in [4.69, 9.17) is 0 Å². The summed E-state index contributed by atoms with van der Waals surface area (Å²) < 4.78 is 13.1. The zero-order valence-electron chi connectivity index (χ0n) is 13.0. The normalized spacial score (nSPS) is 16.0. The molecule has 0 saturated heterocycles. The summed E-state index contributed by atoms with van der Waals surface area (Å²) in [4.78, 5) is 25.7. The highest BCUT2D eigenvalue weighted by molar-refractivity contribution is 6.28. The molecule has 1 fully saturated rings. The minimum Gasteiger partial charge on any atom is -0.480 e. The molecule has 1 unspecified atom stereocenters. The van der Waals surface area contributed by atoms with Crippen LogP contribution in [-0.4, -0.2) is 47.9 Å². The van der Waals surface area contributed by atoms with Crippen LogP contribution < -0.4 is 10.9 Å². The molecule has 0 heterocycles. The van der Waals surface area contributed by atoms with Crippen LogP contribution >= 0.6 is 0 Å². The molecule has 1 aromatic carbocycles. The van der Waals surface area contributed by atoms with Gasteiger partial charge in [0, 0.05) is 31.9 Å². The zero-order valence-corrected chi connectivity index (χ0v) is 13.0. The Bertz CT molecular complexity index is 610. The van der Waals surface area contributed by atoms with Gasteiger partial charge >= 0.3 is 5.97 Å². The number of carbonyl (C=O) groups excluding carboxylic acids is 1. The Labute approximate surface area is 133 Å². The van der Waals surface area contributed by atoms with Crippen molar-refractivity contribution in [2.75, 3.05) is 14.1 Å². The Hall–Kier alpha value is -2.25. The number of benzene rings is 1. The lowest BCUT2D eigenvalue weighted by atomic mass is 9.98. The fourth-order valence-electron chi connectivity index (χ4n) is 1.99. The van der Waals surface area contributed by atoms with Gasteiger partial charge in [0.1, 0.15) is 5.82 Å². The predicted molar refractivity (Wildman–Crippen MR) is 83.8 cm³/mol. The Kier molecular flexibility index (Phi) is 5.46. The molecule has 0 spiro atoms. The largest absolute Gasteiger partial charge is 0.480 e. The fraction of sp³-hybridized carbons (Fsp3) is 0.375. The minimum absolute atomic E-state index is 0.201. The number of hydrogen-bond donors (Lipinski definition) is 3. The summed E-state index contributed by atoms with van der Waals surface area (Å²) in [5, 5.41) is 9.33. The van der Waals surface area contributed by atoms with Crippen LogP contribution in [0, 0.1) is 5.82 Å². The van der Waals surface area contributed by atoms with E-state index in [2.05, 4.69) is 10.9 Å². The van der Waals surface area contributed by atoms with E-state index < -0.39 is 23.6 Å². The van der Waals surface area contributed by atoms with E-state index in [-0.39, 0.29) is 11.6 Å². The average molecular weight is 321 g/mol. The number of ketones is 1. The molecule has 2 rings (SSSR count). The number of Topliss-reactive ketones (excluding diaryl/α,β-unsaturated/α-hetero) is 1. The van der Waals surface area contributed by atoms with Gasteiger partial charge in [0.15, 0.2) is 11.8 Å². The molecule has 124 valence electrons. The number of hydrogen-bond acceptors (Lipinski definition) is 5. The van der Waals surface area contributed by atoms with Gasteiger partial charge < -0.3 is 10.0 Å². The summed E-state index contributed by atoms with van der Waals surface area (Å²) in [6, 6.07) is 4.17. The van der Waals surface area contributed by atoms with E-state index in [1.54, 1.807) is 19.0 Å². The van der Waals surface area contributed by atoms with Gasteiger partial charge in [-0.25, -0.2) is 14.6 Å². The third-order valence-electron chi connectivity index (χ3n) is 3.33. The van der Waals surface area contributed by atoms with Crippen LogP contribution in [0.4, 0.5) is 4.39 Å².